The highest BCUT2D eigenvalue weighted by atomic mass is 16.5. The van der Waals surface area contributed by atoms with E-state index in [9.17, 15) is 0 Å². The standard InChI is InChI=1S/C14H21NO/c1-5-12-9-7-8-11(3)14(12)15-10-13(6-2)16-4/h6-9,13,15H,2,5,10H2,1,3-4H3. The zero-order valence-electron chi connectivity index (χ0n) is 10.4. The van der Waals surface area contributed by atoms with E-state index in [1.54, 1.807) is 7.11 Å². The molecular weight excluding hydrogens is 198 g/mol. The van der Waals surface area contributed by atoms with Gasteiger partial charge in [0.2, 0.25) is 0 Å². The van der Waals surface area contributed by atoms with E-state index in [0.29, 0.717) is 0 Å². The first-order chi connectivity index (χ1) is 7.72. The average Bonchev–Trinajstić information content (AvgIpc) is 2.31. The number of anilines is 1. The lowest BCUT2D eigenvalue weighted by molar-refractivity contribution is 0.151. The number of rotatable bonds is 6. The molecule has 0 aliphatic carbocycles. The lowest BCUT2D eigenvalue weighted by Crippen LogP contribution is -2.20. The molecule has 0 amide bonds. The van der Waals surface area contributed by atoms with E-state index in [1.807, 2.05) is 6.08 Å². The van der Waals surface area contributed by atoms with Crippen LogP contribution in [0.25, 0.3) is 0 Å². The number of aryl methyl sites for hydroxylation is 2. The van der Waals surface area contributed by atoms with Crippen LogP contribution >= 0.6 is 0 Å². The second kappa shape index (κ2) is 6.33. The molecule has 1 unspecified atom stereocenters. The van der Waals surface area contributed by atoms with Crippen molar-refractivity contribution in [3.05, 3.63) is 42.0 Å². The Morgan fingerprint density at radius 3 is 2.81 bits per heavy atom. The van der Waals surface area contributed by atoms with Crippen LogP contribution in [0.5, 0.6) is 0 Å². The fourth-order valence-electron chi connectivity index (χ4n) is 1.74. The quantitative estimate of drug-likeness (QED) is 0.742. The lowest BCUT2D eigenvalue weighted by Gasteiger charge is -2.17. The predicted octanol–water partition coefficient (Wildman–Crippen LogP) is 3.17. The minimum atomic E-state index is 0.0595. The van der Waals surface area contributed by atoms with E-state index in [4.69, 9.17) is 4.74 Å². The van der Waals surface area contributed by atoms with Crippen LogP contribution in [0.3, 0.4) is 0 Å². The van der Waals surface area contributed by atoms with Crippen LogP contribution in [0.2, 0.25) is 0 Å². The topological polar surface area (TPSA) is 21.3 Å². The van der Waals surface area contributed by atoms with Gasteiger partial charge in [-0.05, 0) is 24.5 Å². The molecule has 2 nitrogen and oxygen atoms in total. The molecule has 0 aromatic heterocycles. The SMILES string of the molecule is C=CC(CNc1c(C)cccc1CC)OC. The fourth-order valence-corrected chi connectivity index (χ4v) is 1.74. The molecule has 1 atom stereocenters. The molecule has 0 aliphatic heterocycles. The van der Waals surface area contributed by atoms with Gasteiger partial charge in [0, 0.05) is 19.3 Å². The molecule has 1 N–H and O–H groups in total. The van der Waals surface area contributed by atoms with Gasteiger partial charge in [0.05, 0.1) is 6.10 Å². The van der Waals surface area contributed by atoms with E-state index in [0.717, 1.165) is 13.0 Å². The average molecular weight is 219 g/mol. The maximum absolute atomic E-state index is 5.25. The van der Waals surface area contributed by atoms with Crippen LogP contribution in [0.15, 0.2) is 30.9 Å². The molecule has 0 saturated heterocycles. The van der Waals surface area contributed by atoms with Crippen LogP contribution in [0.1, 0.15) is 18.1 Å². The van der Waals surface area contributed by atoms with E-state index in [2.05, 4.69) is 43.9 Å². The van der Waals surface area contributed by atoms with Gasteiger partial charge in [-0.15, -0.1) is 6.58 Å². The van der Waals surface area contributed by atoms with Gasteiger partial charge in [0.15, 0.2) is 0 Å². The third-order valence-electron chi connectivity index (χ3n) is 2.79. The number of hydrogen-bond donors (Lipinski definition) is 1. The van der Waals surface area contributed by atoms with E-state index in [1.165, 1.54) is 16.8 Å². The minimum absolute atomic E-state index is 0.0595. The third kappa shape index (κ3) is 3.11. The first kappa shape index (κ1) is 12.8. The Balaban J connectivity index is 2.75. The van der Waals surface area contributed by atoms with Crippen LogP contribution in [0.4, 0.5) is 5.69 Å². The fraction of sp³-hybridized carbons (Fsp3) is 0.429. The highest BCUT2D eigenvalue weighted by Gasteiger charge is 2.06. The molecule has 0 radical (unpaired) electrons. The van der Waals surface area contributed by atoms with Crippen molar-refractivity contribution in [3.63, 3.8) is 0 Å². The summed E-state index contributed by atoms with van der Waals surface area (Å²) in [4.78, 5) is 0. The van der Waals surface area contributed by atoms with Gasteiger partial charge >= 0.3 is 0 Å². The first-order valence-corrected chi connectivity index (χ1v) is 5.70. The van der Waals surface area contributed by atoms with Crippen molar-refractivity contribution >= 4 is 5.69 Å². The zero-order valence-corrected chi connectivity index (χ0v) is 10.4. The summed E-state index contributed by atoms with van der Waals surface area (Å²) in [6.45, 7) is 8.80. The molecule has 0 bridgehead atoms. The number of hydrogen-bond acceptors (Lipinski definition) is 2. The molecule has 1 aromatic carbocycles. The van der Waals surface area contributed by atoms with Crippen molar-refractivity contribution in [2.45, 2.75) is 26.4 Å². The summed E-state index contributed by atoms with van der Waals surface area (Å²) in [7, 11) is 1.70. The molecule has 16 heavy (non-hydrogen) atoms. The number of para-hydroxylation sites is 1. The Kier molecular flexibility index (Phi) is 5.06. The normalized spacial score (nSPS) is 12.2. The molecule has 1 rings (SSSR count). The van der Waals surface area contributed by atoms with Crippen LogP contribution in [-0.2, 0) is 11.2 Å². The maximum Gasteiger partial charge on any atom is 0.0921 e. The highest BCUT2D eigenvalue weighted by molar-refractivity contribution is 5.57. The van der Waals surface area contributed by atoms with Gasteiger partial charge in [-0.25, -0.2) is 0 Å². The Bertz CT molecular complexity index is 347. The maximum atomic E-state index is 5.25. The summed E-state index contributed by atoms with van der Waals surface area (Å²) in [5.74, 6) is 0. The molecule has 1 aromatic rings. The second-order valence-electron chi connectivity index (χ2n) is 3.85. The summed E-state index contributed by atoms with van der Waals surface area (Å²) in [6.07, 6.45) is 2.91. The van der Waals surface area contributed by atoms with Crippen LogP contribution in [0, 0.1) is 6.92 Å². The molecule has 0 saturated carbocycles. The van der Waals surface area contributed by atoms with Gasteiger partial charge in [-0.1, -0.05) is 31.2 Å². The zero-order chi connectivity index (χ0) is 12.0. The summed E-state index contributed by atoms with van der Waals surface area (Å²) in [5, 5.41) is 3.44. The number of benzene rings is 1. The molecule has 0 spiro atoms. The predicted molar refractivity (Wildman–Crippen MR) is 70.0 cm³/mol. The van der Waals surface area contributed by atoms with E-state index >= 15 is 0 Å². The molecule has 0 fully saturated rings. The monoisotopic (exact) mass is 219 g/mol. The third-order valence-corrected chi connectivity index (χ3v) is 2.79. The Morgan fingerprint density at radius 2 is 2.25 bits per heavy atom. The number of methoxy groups -OCH3 is 1. The summed E-state index contributed by atoms with van der Waals surface area (Å²) in [5.41, 5.74) is 3.85. The Hall–Kier alpha value is -1.28. The van der Waals surface area contributed by atoms with E-state index in [-0.39, 0.29) is 6.10 Å². The van der Waals surface area contributed by atoms with Crippen molar-refractivity contribution in [1.29, 1.82) is 0 Å². The van der Waals surface area contributed by atoms with Gasteiger partial charge in [-0.2, -0.15) is 0 Å². The summed E-state index contributed by atoms with van der Waals surface area (Å²) < 4.78 is 5.25. The molecule has 0 heterocycles. The summed E-state index contributed by atoms with van der Waals surface area (Å²) >= 11 is 0. The van der Waals surface area contributed by atoms with Crippen molar-refractivity contribution in [2.75, 3.05) is 19.0 Å². The number of ether oxygens (including phenoxy) is 1. The number of nitrogens with one attached hydrogen (secondary N) is 1. The Morgan fingerprint density at radius 1 is 1.50 bits per heavy atom. The molecule has 2 heteroatoms. The van der Waals surface area contributed by atoms with Crippen LogP contribution < -0.4 is 5.32 Å². The largest absolute Gasteiger partial charge is 0.382 e. The summed E-state index contributed by atoms with van der Waals surface area (Å²) in [6, 6.07) is 6.38. The van der Waals surface area contributed by atoms with Gasteiger partial charge in [0.1, 0.15) is 0 Å². The molecule has 88 valence electrons. The van der Waals surface area contributed by atoms with Crippen molar-refractivity contribution in [2.24, 2.45) is 0 Å². The van der Waals surface area contributed by atoms with E-state index < -0.39 is 0 Å². The molecular formula is C14H21NO. The lowest BCUT2D eigenvalue weighted by atomic mass is 10.1. The second-order valence-corrected chi connectivity index (χ2v) is 3.85. The smallest absolute Gasteiger partial charge is 0.0921 e. The van der Waals surface area contributed by atoms with Crippen molar-refractivity contribution in [1.82, 2.24) is 0 Å². The van der Waals surface area contributed by atoms with Crippen molar-refractivity contribution in [3.8, 4) is 0 Å². The van der Waals surface area contributed by atoms with Gasteiger partial charge in [-0.3, -0.25) is 0 Å². The van der Waals surface area contributed by atoms with Gasteiger partial charge < -0.3 is 10.1 Å². The Labute approximate surface area is 98.3 Å². The highest BCUT2D eigenvalue weighted by Crippen LogP contribution is 2.21. The van der Waals surface area contributed by atoms with Gasteiger partial charge in [0.25, 0.3) is 0 Å². The first-order valence-electron chi connectivity index (χ1n) is 5.70. The van der Waals surface area contributed by atoms with Crippen molar-refractivity contribution < 1.29 is 4.74 Å². The minimum Gasteiger partial charge on any atom is -0.382 e. The van der Waals surface area contributed by atoms with Crippen LogP contribution in [-0.4, -0.2) is 19.8 Å². The molecule has 0 aliphatic rings.